The molecule has 1 aliphatic rings. The number of para-hydroxylation sites is 1. The van der Waals surface area contributed by atoms with Crippen molar-refractivity contribution in [3.05, 3.63) is 105 Å². The Kier molecular flexibility index (Phi) is 8.74. The van der Waals surface area contributed by atoms with Crippen molar-refractivity contribution in [2.45, 2.75) is 18.6 Å². The summed E-state index contributed by atoms with van der Waals surface area (Å²) in [6.07, 6.45) is 0.280. The third-order valence-corrected chi connectivity index (χ3v) is 7.44. The van der Waals surface area contributed by atoms with Crippen LogP contribution < -0.4 is 10.2 Å². The first-order valence-corrected chi connectivity index (χ1v) is 13.2. The predicted molar refractivity (Wildman–Crippen MR) is 149 cm³/mol. The molecule has 1 aliphatic heterocycles. The van der Waals surface area contributed by atoms with Gasteiger partial charge < -0.3 is 10.1 Å². The molecule has 1 saturated heterocycles. The number of carbonyl (C=O) groups is 3. The number of amides is 2. The number of carbonyl (C=O) groups excluding carboxylic acids is 3. The molecule has 7 nitrogen and oxygen atoms in total. The third kappa shape index (κ3) is 6.03. The van der Waals surface area contributed by atoms with Gasteiger partial charge in [-0.2, -0.15) is 5.26 Å². The van der Waals surface area contributed by atoms with Crippen LogP contribution in [0.2, 0.25) is 10.0 Å². The van der Waals surface area contributed by atoms with E-state index in [0.717, 1.165) is 17.3 Å². The first kappa shape index (κ1) is 27.3. The van der Waals surface area contributed by atoms with Crippen LogP contribution in [0.1, 0.15) is 22.8 Å². The predicted octanol–water partition coefficient (Wildman–Crippen LogP) is 6.24. The van der Waals surface area contributed by atoms with Crippen molar-refractivity contribution >= 4 is 64.1 Å². The number of benzene rings is 3. The van der Waals surface area contributed by atoms with Crippen LogP contribution in [0, 0.1) is 11.3 Å². The minimum Gasteiger partial charge on any atom is -0.462 e. The van der Waals surface area contributed by atoms with Crippen LogP contribution in [0.4, 0.5) is 11.4 Å². The molecule has 0 saturated carbocycles. The summed E-state index contributed by atoms with van der Waals surface area (Å²) in [5, 5.41) is 13.2. The number of anilines is 2. The van der Waals surface area contributed by atoms with Gasteiger partial charge in [-0.05, 0) is 67.4 Å². The van der Waals surface area contributed by atoms with E-state index in [4.69, 9.17) is 27.9 Å². The molecule has 2 amide bonds. The number of esters is 1. The van der Waals surface area contributed by atoms with Gasteiger partial charge in [0.2, 0.25) is 5.91 Å². The van der Waals surface area contributed by atoms with Crippen LogP contribution in [-0.2, 0) is 20.7 Å². The fourth-order valence-electron chi connectivity index (χ4n) is 3.78. The van der Waals surface area contributed by atoms with Crippen LogP contribution in [0.3, 0.4) is 0 Å². The number of nitriles is 1. The van der Waals surface area contributed by atoms with E-state index in [2.05, 4.69) is 5.32 Å². The van der Waals surface area contributed by atoms with Crippen molar-refractivity contribution < 1.29 is 19.1 Å². The third-order valence-electron chi connectivity index (χ3n) is 5.59. The Labute approximate surface area is 234 Å². The first-order valence-electron chi connectivity index (χ1n) is 11.5. The van der Waals surface area contributed by atoms with Crippen molar-refractivity contribution in [3.63, 3.8) is 0 Å². The molecule has 4 rings (SSSR count). The zero-order chi connectivity index (χ0) is 27.2. The number of nitrogens with zero attached hydrogens (tertiary/aromatic N) is 2. The number of hydrogen-bond acceptors (Lipinski definition) is 6. The van der Waals surface area contributed by atoms with Gasteiger partial charge in [0, 0.05) is 21.4 Å². The Bertz CT molecular complexity index is 1450. The van der Waals surface area contributed by atoms with Gasteiger partial charge in [-0.25, -0.2) is 4.79 Å². The summed E-state index contributed by atoms with van der Waals surface area (Å²) in [7, 11) is 0. The van der Waals surface area contributed by atoms with Gasteiger partial charge in [0.25, 0.3) is 5.91 Å². The van der Waals surface area contributed by atoms with Gasteiger partial charge >= 0.3 is 5.97 Å². The number of thioether (sulfide) groups is 1. The first-order chi connectivity index (χ1) is 18.3. The average molecular weight is 566 g/mol. The summed E-state index contributed by atoms with van der Waals surface area (Å²) >= 11 is 13.5. The van der Waals surface area contributed by atoms with Crippen LogP contribution in [-0.4, -0.2) is 29.6 Å². The van der Waals surface area contributed by atoms with E-state index >= 15 is 0 Å². The van der Waals surface area contributed by atoms with Gasteiger partial charge in [0.1, 0.15) is 16.7 Å². The summed E-state index contributed by atoms with van der Waals surface area (Å²) in [4.78, 5) is 40.1. The fraction of sp³-hybridized carbons (Fsp3) is 0.143. The van der Waals surface area contributed by atoms with Crippen molar-refractivity contribution in [3.8, 4) is 6.07 Å². The lowest BCUT2D eigenvalue weighted by Gasteiger charge is -2.18. The second kappa shape index (κ2) is 12.2. The molecule has 0 aromatic heterocycles. The second-order valence-electron chi connectivity index (χ2n) is 8.10. The maximum atomic E-state index is 13.6. The Morgan fingerprint density at radius 3 is 2.42 bits per heavy atom. The SMILES string of the molecule is CCOC(=O)c1ccc(NC(=O)C(C#N)=C2SC(Cc3ccc(Cl)cc3Cl)C(=O)N2c2ccccc2)cc1. The van der Waals surface area contributed by atoms with Gasteiger partial charge in [-0.1, -0.05) is 59.2 Å². The maximum absolute atomic E-state index is 13.6. The summed E-state index contributed by atoms with van der Waals surface area (Å²) in [5.41, 5.74) is 1.75. The fourth-order valence-corrected chi connectivity index (χ4v) is 5.56. The largest absolute Gasteiger partial charge is 0.462 e. The van der Waals surface area contributed by atoms with Gasteiger partial charge in [-0.3, -0.25) is 14.5 Å². The number of hydrogen-bond donors (Lipinski definition) is 1. The lowest BCUT2D eigenvalue weighted by molar-refractivity contribution is -0.117. The quantitative estimate of drug-likeness (QED) is 0.207. The molecule has 0 spiro atoms. The topological polar surface area (TPSA) is 99.5 Å². The molecule has 0 bridgehead atoms. The Hall–Kier alpha value is -3.77. The molecule has 3 aromatic rings. The molecule has 10 heteroatoms. The number of halogens is 2. The zero-order valence-electron chi connectivity index (χ0n) is 20.1. The molecular weight excluding hydrogens is 545 g/mol. The van der Waals surface area contributed by atoms with E-state index in [9.17, 15) is 19.6 Å². The number of rotatable bonds is 7. The highest BCUT2D eigenvalue weighted by atomic mass is 35.5. The Morgan fingerprint density at radius 1 is 1.08 bits per heavy atom. The van der Waals surface area contributed by atoms with Crippen molar-refractivity contribution in [1.82, 2.24) is 0 Å². The molecule has 3 aromatic carbocycles. The standard InChI is InChI=1S/C28H21Cl2N3O4S/c1-2-37-28(36)17-9-12-20(13-10-17)32-25(34)22(16-31)27-33(21-6-4-3-5-7-21)26(35)24(38-27)14-18-8-11-19(29)15-23(18)30/h3-13,15,24H,2,14H2,1H3,(H,32,34). The molecule has 1 N–H and O–H groups in total. The molecule has 38 heavy (non-hydrogen) atoms. The summed E-state index contributed by atoms with van der Waals surface area (Å²) in [6.45, 7) is 1.96. The minimum atomic E-state index is -0.683. The molecule has 1 unspecified atom stereocenters. The van der Waals surface area contributed by atoms with E-state index in [1.807, 2.05) is 12.1 Å². The van der Waals surface area contributed by atoms with Crippen LogP contribution >= 0.6 is 35.0 Å². The van der Waals surface area contributed by atoms with Crippen LogP contribution in [0.15, 0.2) is 83.4 Å². The van der Waals surface area contributed by atoms with Crippen molar-refractivity contribution in [1.29, 1.82) is 5.26 Å². The second-order valence-corrected chi connectivity index (χ2v) is 10.1. The van der Waals surface area contributed by atoms with Gasteiger partial charge in [0.05, 0.1) is 17.4 Å². The molecule has 0 aliphatic carbocycles. The molecular formula is C28H21Cl2N3O4S. The Morgan fingerprint density at radius 2 is 1.79 bits per heavy atom. The monoisotopic (exact) mass is 565 g/mol. The van der Waals surface area contributed by atoms with E-state index < -0.39 is 17.1 Å². The summed E-state index contributed by atoms with van der Waals surface area (Å²) in [5.74, 6) is -1.43. The van der Waals surface area contributed by atoms with Crippen LogP contribution in [0.25, 0.3) is 0 Å². The summed E-state index contributed by atoms with van der Waals surface area (Å²) in [6, 6.07) is 22.0. The molecule has 1 atom stereocenters. The van der Waals surface area contributed by atoms with E-state index in [1.165, 1.54) is 29.2 Å². The number of nitrogens with one attached hydrogen (secondary N) is 1. The zero-order valence-corrected chi connectivity index (χ0v) is 22.4. The highest BCUT2D eigenvalue weighted by molar-refractivity contribution is 8.05. The van der Waals surface area contributed by atoms with Crippen molar-refractivity contribution in [2.75, 3.05) is 16.8 Å². The lowest BCUT2D eigenvalue weighted by atomic mass is 10.1. The molecule has 1 heterocycles. The van der Waals surface area contributed by atoms with Gasteiger partial charge in [-0.15, -0.1) is 0 Å². The molecule has 0 radical (unpaired) electrons. The van der Waals surface area contributed by atoms with Gasteiger partial charge in [0.15, 0.2) is 0 Å². The maximum Gasteiger partial charge on any atom is 0.338 e. The summed E-state index contributed by atoms with van der Waals surface area (Å²) < 4.78 is 4.97. The van der Waals surface area contributed by atoms with Crippen molar-refractivity contribution in [2.24, 2.45) is 0 Å². The highest BCUT2D eigenvalue weighted by Gasteiger charge is 2.41. The average Bonchev–Trinajstić information content (AvgIpc) is 3.22. The number of ether oxygens (including phenoxy) is 1. The normalized spacial score (nSPS) is 16.1. The van der Waals surface area contributed by atoms with E-state index in [0.29, 0.717) is 27.0 Å². The van der Waals surface area contributed by atoms with E-state index in [1.54, 1.807) is 49.4 Å². The minimum absolute atomic E-state index is 0.216. The lowest BCUT2D eigenvalue weighted by Crippen LogP contribution is -2.30. The highest BCUT2D eigenvalue weighted by Crippen LogP contribution is 2.42. The molecule has 192 valence electrons. The van der Waals surface area contributed by atoms with Crippen LogP contribution in [0.5, 0.6) is 0 Å². The van der Waals surface area contributed by atoms with E-state index in [-0.39, 0.29) is 29.5 Å². The Balaban J connectivity index is 1.65. The smallest absolute Gasteiger partial charge is 0.338 e. The molecule has 1 fully saturated rings.